The number of rotatable bonds is 3. The van der Waals surface area contributed by atoms with Crippen LogP contribution < -0.4 is 5.32 Å². The normalized spacial score (nSPS) is 24.9. The molecule has 2 aromatic rings. The van der Waals surface area contributed by atoms with E-state index in [0.717, 1.165) is 43.7 Å². The van der Waals surface area contributed by atoms with Crippen molar-refractivity contribution in [1.82, 2.24) is 15.2 Å². The second-order valence-electron chi connectivity index (χ2n) is 5.65. The quantitative estimate of drug-likeness (QED) is 0.931. The highest BCUT2D eigenvalue weighted by molar-refractivity contribution is 7.18. The molecule has 1 aliphatic heterocycles. The molecule has 4 heteroatoms. The van der Waals surface area contributed by atoms with Crippen LogP contribution in [0.25, 0.3) is 10.2 Å². The molecule has 100 valence electrons. The van der Waals surface area contributed by atoms with Crippen molar-refractivity contribution in [3.8, 4) is 0 Å². The molecule has 2 aliphatic rings. The first kappa shape index (κ1) is 11.8. The second kappa shape index (κ2) is 4.85. The van der Waals surface area contributed by atoms with E-state index in [-0.39, 0.29) is 0 Å². The van der Waals surface area contributed by atoms with Gasteiger partial charge in [0.05, 0.1) is 16.8 Å². The highest BCUT2D eigenvalue weighted by Crippen LogP contribution is 2.36. The maximum Gasteiger partial charge on any atom is 0.108 e. The lowest BCUT2D eigenvalue weighted by molar-refractivity contribution is 0.135. The van der Waals surface area contributed by atoms with Crippen molar-refractivity contribution in [3.63, 3.8) is 0 Å². The molecule has 1 saturated heterocycles. The van der Waals surface area contributed by atoms with Crippen LogP contribution in [0.4, 0.5) is 0 Å². The zero-order chi connectivity index (χ0) is 12.7. The van der Waals surface area contributed by atoms with Crippen LogP contribution in [0.5, 0.6) is 0 Å². The average molecular weight is 273 g/mol. The molecule has 4 rings (SSSR count). The van der Waals surface area contributed by atoms with Gasteiger partial charge in [-0.2, -0.15) is 0 Å². The summed E-state index contributed by atoms with van der Waals surface area (Å²) in [7, 11) is 0. The van der Waals surface area contributed by atoms with Gasteiger partial charge in [-0.25, -0.2) is 4.98 Å². The minimum absolute atomic E-state index is 0.737. The Morgan fingerprint density at radius 3 is 3.05 bits per heavy atom. The molecule has 0 spiro atoms. The number of benzene rings is 1. The van der Waals surface area contributed by atoms with E-state index >= 15 is 0 Å². The molecule has 0 bridgehead atoms. The maximum atomic E-state index is 4.78. The van der Waals surface area contributed by atoms with Crippen LogP contribution in [-0.4, -0.2) is 35.6 Å². The molecule has 2 fully saturated rings. The number of nitrogens with one attached hydrogen (secondary N) is 1. The van der Waals surface area contributed by atoms with Gasteiger partial charge in [-0.1, -0.05) is 12.1 Å². The van der Waals surface area contributed by atoms with Crippen LogP contribution >= 0.6 is 11.3 Å². The smallest absolute Gasteiger partial charge is 0.108 e. The van der Waals surface area contributed by atoms with Gasteiger partial charge in [0, 0.05) is 25.7 Å². The van der Waals surface area contributed by atoms with Crippen LogP contribution in [0.2, 0.25) is 0 Å². The molecule has 1 saturated carbocycles. The van der Waals surface area contributed by atoms with Gasteiger partial charge in [0.15, 0.2) is 0 Å². The topological polar surface area (TPSA) is 28.2 Å². The van der Waals surface area contributed by atoms with Gasteiger partial charge in [-0.15, -0.1) is 11.3 Å². The monoisotopic (exact) mass is 273 g/mol. The number of hydrogen-bond acceptors (Lipinski definition) is 4. The van der Waals surface area contributed by atoms with Gasteiger partial charge in [0.2, 0.25) is 0 Å². The third kappa shape index (κ3) is 2.40. The molecule has 1 atom stereocenters. The first-order valence-electron chi connectivity index (χ1n) is 7.19. The van der Waals surface area contributed by atoms with Crippen molar-refractivity contribution in [2.45, 2.75) is 25.4 Å². The highest BCUT2D eigenvalue weighted by Gasteiger charge is 2.36. The zero-order valence-electron chi connectivity index (χ0n) is 11.0. The predicted molar refractivity (Wildman–Crippen MR) is 79.4 cm³/mol. The molecule has 1 unspecified atom stereocenters. The molecule has 0 amide bonds. The van der Waals surface area contributed by atoms with Gasteiger partial charge in [0.1, 0.15) is 5.01 Å². The van der Waals surface area contributed by atoms with Gasteiger partial charge in [0.25, 0.3) is 0 Å². The van der Waals surface area contributed by atoms with Crippen molar-refractivity contribution in [2.24, 2.45) is 5.92 Å². The molecule has 1 aromatic carbocycles. The molecular formula is C15H19N3S. The Morgan fingerprint density at radius 2 is 2.21 bits per heavy atom. The van der Waals surface area contributed by atoms with Crippen molar-refractivity contribution < 1.29 is 0 Å². The minimum atomic E-state index is 0.737. The molecule has 2 heterocycles. The number of hydrogen-bond donors (Lipinski definition) is 1. The fourth-order valence-electron chi connectivity index (χ4n) is 3.07. The first-order valence-corrected chi connectivity index (χ1v) is 8.01. The van der Waals surface area contributed by atoms with Gasteiger partial charge in [-0.3, -0.25) is 4.90 Å². The van der Waals surface area contributed by atoms with E-state index in [1.807, 2.05) is 11.3 Å². The summed E-state index contributed by atoms with van der Waals surface area (Å²) in [6.45, 7) is 4.48. The maximum absolute atomic E-state index is 4.78. The van der Waals surface area contributed by atoms with Crippen LogP contribution in [0.15, 0.2) is 24.3 Å². The largest absolute Gasteiger partial charge is 0.314 e. The van der Waals surface area contributed by atoms with E-state index in [2.05, 4.69) is 34.5 Å². The summed E-state index contributed by atoms with van der Waals surface area (Å²) >= 11 is 1.85. The number of nitrogens with zero attached hydrogens (tertiary/aromatic N) is 2. The van der Waals surface area contributed by atoms with E-state index in [9.17, 15) is 0 Å². The standard InChI is InChI=1S/C15H19N3S/c1-2-4-14-12(3-1)17-15(19-14)10-18-8-7-16-9-13(18)11-5-6-11/h1-4,11,13,16H,5-10H2. The first-order chi connectivity index (χ1) is 9.40. The molecule has 1 aromatic heterocycles. The number of para-hydroxylation sites is 1. The molecule has 1 aliphatic carbocycles. The second-order valence-corrected chi connectivity index (χ2v) is 6.77. The minimum Gasteiger partial charge on any atom is -0.314 e. The van der Waals surface area contributed by atoms with E-state index < -0.39 is 0 Å². The third-order valence-corrected chi connectivity index (χ3v) is 5.26. The molecule has 19 heavy (non-hydrogen) atoms. The van der Waals surface area contributed by atoms with Gasteiger partial charge < -0.3 is 5.32 Å². The van der Waals surface area contributed by atoms with Crippen molar-refractivity contribution in [2.75, 3.05) is 19.6 Å². The average Bonchev–Trinajstić information content (AvgIpc) is 3.19. The summed E-state index contributed by atoms with van der Waals surface area (Å²) in [5.74, 6) is 0.933. The number of piperazine rings is 1. The predicted octanol–water partition coefficient (Wildman–Crippen LogP) is 2.48. The Morgan fingerprint density at radius 1 is 1.32 bits per heavy atom. The molecular weight excluding hydrogens is 254 g/mol. The van der Waals surface area contributed by atoms with Crippen LogP contribution in [0, 0.1) is 5.92 Å². The van der Waals surface area contributed by atoms with Gasteiger partial charge >= 0.3 is 0 Å². The zero-order valence-corrected chi connectivity index (χ0v) is 11.8. The Hall–Kier alpha value is -0.970. The summed E-state index contributed by atoms with van der Waals surface area (Å²) in [5, 5.41) is 4.81. The lowest BCUT2D eigenvalue weighted by Crippen LogP contribution is -2.51. The van der Waals surface area contributed by atoms with E-state index in [0.29, 0.717) is 0 Å². The Bertz CT molecular complexity index is 543. The Balaban J connectivity index is 1.55. The van der Waals surface area contributed by atoms with Crippen LogP contribution in [0.1, 0.15) is 17.8 Å². The summed E-state index contributed by atoms with van der Waals surface area (Å²) in [4.78, 5) is 7.42. The number of thiazole rings is 1. The molecule has 0 radical (unpaired) electrons. The summed E-state index contributed by atoms with van der Waals surface area (Å²) in [5.41, 5.74) is 1.15. The lowest BCUT2D eigenvalue weighted by atomic mass is 10.1. The Kier molecular flexibility index (Phi) is 3.02. The Labute approximate surface area is 117 Å². The van der Waals surface area contributed by atoms with Crippen LogP contribution in [-0.2, 0) is 6.54 Å². The van der Waals surface area contributed by atoms with Crippen molar-refractivity contribution in [3.05, 3.63) is 29.3 Å². The van der Waals surface area contributed by atoms with E-state index in [1.54, 1.807) is 0 Å². The SMILES string of the molecule is c1ccc2sc(CN3CCNCC3C3CC3)nc2c1. The summed E-state index contributed by atoms with van der Waals surface area (Å²) in [6, 6.07) is 9.20. The molecule has 1 N–H and O–H groups in total. The summed E-state index contributed by atoms with van der Waals surface area (Å²) in [6.07, 6.45) is 2.84. The lowest BCUT2D eigenvalue weighted by Gasteiger charge is -2.35. The fourth-order valence-corrected chi connectivity index (χ4v) is 4.06. The van der Waals surface area contributed by atoms with E-state index in [1.165, 1.54) is 22.5 Å². The van der Waals surface area contributed by atoms with Gasteiger partial charge in [-0.05, 0) is 30.9 Å². The van der Waals surface area contributed by atoms with E-state index in [4.69, 9.17) is 4.98 Å². The van der Waals surface area contributed by atoms with Crippen molar-refractivity contribution in [1.29, 1.82) is 0 Å². The summed E-state index contributed by atoms with van der Waals surface area (Å²) < 4.78 is 1.32. The number of aromatic nitrogens is 1. The third-order valence-electron chi connectivity index (χ3n) is 4.24. The van der Waals surface area contributed by atoms with Crippen molar-refractivity contribution >= 4 is 21.6 Å². The molecule has 3 nitrogen and oxygen atoms in total. The van der Waals surface area contributed by atoms with Crippen LogP contribution in [0.3, 0.4) is 0 Å². The highest BCUT2D eigenvalue weighted by atomic mass is 32.1. The number of fused-ring (bicyclic) bond motifs is 1. The fraction of sp³-hybridized carbons (Fsp3) is 0.533.